The summed E-state index contributed by atoms with van der Waals surface area (Å²) in [4.78, 5) is 14.5. The summed E-state index contributed by atoms with van der Waals surface area (Å²) in [7, 11) is 4.05. The fourth-order valence-electron chi connectivity index (χ4n) is 3.81. The van der Waals surface area contributed by atoms with Crippen LogP contribution in [-0.4, -0.2) is 34.9 Å². The Morgan fingerprint density at radius 2 is 2.04 bits per heavy atom. The van der Waals surface area contributed by atoms with E-state index in [0.29, 0.717) is 18.4 Å². The molecule has 2 N–H and O–H groups in total. The Morgan fingerprint density at radius 3 is 2.76 bits per heavy atom. The second kappa shape index (κ2) is 9.89. The summed E-state index contributed by atoms with van der Waals surface area (Å²) in [6.45, 7) is 2.42. The fourth-order valence-corrected chi connectivity index (χ4v) is 6.83. The van der Waals surface area contributed by atoms with Gasteiger partial charge in [-0.15, -0.1) is 0 Å². The number of carbonyl (C=O) groups is 1. The molecule has 0 spiro atoms. The lowest BCUT2D eigenvalue weighted by molar-refractivity contribution is -0.132. The minimum absolute atomic E-state index is 0.364. The van der Waals surface area contributed by atoms with Gasteiger partial charge in [0.2, 0.25) is 5.91 Å². The molecule has 2 heterocycles. The van der Waals surface area contributed by atoms with Crippen molar-refractivity contribution in [3.63, 3.8) is 0 Å². The van der Waals surface area contributed by atoms with E-state index in [2.05, 4.69) is 29.2 Å². The van der Waals surface area contributed by atoms with Crippen LogP contribution < -0.4 is 5.73 Å². The van der Waals surface area contributed by atoms with Crippen molar-refractivity contribution in [1.29, 1.82) is 0 Å². The second-order valence-electron chi connectivity index (χ2n) is 7.18. The number of hydrogen-bond donors (Lipinski definition) is 1. The first-order valence-corrected chi connectivity index (χ1v) is 12.0. The Labute approximate surface area is 159 Å². The summed E-state index contributed by atoms with van der Waals surface area (Å²) in [5.41, 5.74) is 8.35. The molecule has 1 aromatic carbocycles. The normalized spacial score (nSPS) is 21.6. The molecule has 2 aliphatic heterocycles. The maximum Gasteiger partial charge on any atom is 0.222 e. The van der Waals surface area contributed by atoms with Crippen LogP contribution in [0.15, 0.2) is 24.3 Å². The molecule has 5 heteroatoms. The summed E-state index contributed by atoms with van der Waals surface area (Å²) in [5.74, 6) is 2.24. The molecule has 3 rings (SSSR count). The molecule has 0 saturated carbocycles. The van der Waals surface area contributed by atoms with Crippen molar-refractivity contribution in [2.24, 2.45) is 5.73 Å². The van der Waals surface area contributed by atoms with Gasteiger partial charge >= 0.3 is 0 Å². The number of rotatable bonds is 7. The summed E-state index contributed by atoms with van der Waals surface area (Å²) < 4.78 is 0. The Kier molecular flexibility index (Phi) is 7.56. The molecule has 25 heavy (non-hydrogen) atoms. The van der Waals surface area contributed by atoms with E-state index in [1.807, 2.05) is 21.6 Å². The highest BCUT2D eigenvalue weighted by Crippen LogP contribution is 2.40. The van der Waals surface area contributed by atoms with Crippen molar-refractivity contribution in [2.45, 2.75) is 62.7 Å². The lowest BCUT2D eigenvalue weighted by atomic mass is 9.88. The van der Waals surface area contributed by atoms with E-state index in [1.54, 1.807) is 0 Å². The highest BCUT2D eigenvalue weighted by molar-refractivity contribution is 8.77. The van der Waals surface area contributed by atoms with Crippen molar-refractivity contribution in [3.8, 4) is 0 Å². The van der Waals surface area contributed by atoms with Crippen LogP contribution in [0.5, 0.6) is 0 Å². The number of benzene rings is 1. The van der Waals surface area contributed by atoms with Gasteiger partial charge in [0.25, 0.3) is 0 Å². The van der Waals surface area contributed by atoms with E-state index >= 15 is 0 Å². The summed E-state index contributed by atoms with van der Waals surface area (Å²) in [6, 6.07) is 8.64. The molecule has 1 amide bonds. The Hall–Kier alpha value is -0.650. The molecule has 0 radical (unpaired) electrons. The van der Waals surface area contributed by atoms with Crippen LogP contribution in [0.25, 0.3) is 0 Å². The van der Waals surface area contributed by atoms with Crippen LogP contribution in [0.4, 0.5) is 0 Å². The van der Waals surface area contributed by atoms with E-state index in [4.69, 9.17) is 5.73 Å². The average molecular weight is 379 g/mol. The third-order valence-electron chi connectivity index (χ3n) is 5.40. The zero-order chi connectivity index (χ0) is 17.5. The van der Waals surface area contributed by atoms with Gasteiger partial charge in [0.05, 0.1) is 0 Å². The Morgan fingerprint density at radius 1 is 1.20 bits per heavy atom. The van der Waals surface area contributed by atoms with Gasteiger partial charge in [-0.25, -0.2) is 0 Å². The molecule has 1 atom stereocenters. The molecule has 1 unspecified atom stereocenters. The van der Waals surface area contributed by atoms with Crippen molar-refractivity contribution in [2.75, 3.05) is 18.8 Å². The minimum Gasteiger partial charge on any atom is -0.343 e. The van der Waals surface area contributed by atoms with Gasteiger partial charge in [0.15, 0.2) is 0 Å². The van der Waals surface area contributed by atoms with Gasteiger partial charge in [-0.2, -0.15) is 0 Å². The number of hydrogen-bond acceptors (Lipinski definition) is 4. The number of amides is 1. The van der Waals surface area contributed by atoms with Crippen LogP contribution in [-0.2, 0) is 11.3 Å². The van der Waals surface area contributed by atoms with Gasteiger partial charge in [-0.05, 0) is 49.1 Å². The van der Waals surface area contributed by atoms with E-state index in [1.165, 1.54) is 36.1 Å². The van der Waals surface area contributed by atoms with E-state index < -0.39 is 0 Å². The molecule has 0 aromatic heterocycles. The highest BCUT2D eigenvalue weighted by Gasteiger charge is 2.23. The number of likely N-dealkylation sites (tertiary alicyclic amines) is 1. The predicted octanol–water partition coefficient (Wildman–Crippen LogP) is 4.57. The Bertz CT molecular complexity index is 552. The highest BCUT2D eigenvalue weighted by atomic mass is 33.1. The largest absolute Gasteiger partial charge is 0.343 e. The maximum absolute atomic E-state index is 12.4. The summed E-state index contributed by atoms with van der Waals surface area (Å²) >= 11 is 0. The molecular formula is C20H30N2OS2. The number of nitrogens with two attached hydrogens (primary N) is 1. The molecule has 3 nitrogen and oxygen atoms in total. The third kappa shape index (κ3) is 5.66. The molecule has 1 aromatic rings. The summed E-state index contributed by atoms with van der Waals surface area (Å²) in [5, 5.41) is 0.833. The fraction of sp³-hybridized carbons (Fsp3) is 0.650. The average Bonchev–Trinajstić information content (AvgIpc) is 3.19. The molecular weight excluding hydrogens is 348 g/mol. The smallest absolute Gasteiger partial charge is 0.222 e. The number of unbranched alkanes of at least 4 members (excludes halogenated alkanes) is 1. The molecule has 138 valence electrons. The Balaban J connectivity index is 1.36. The lowest BCUT2D eigenvalue weighted by Gasteiger charge is -2.32. The van der Waals surface area contributed by atoms with Crippen molar-refractivity contribution in [3.05, 3.63) is 35.4 Å². The standard InChI is InChI=1S/C20H30N2OS2/c21-15-16-4-3-5-18(14-16)17-8-11-22(12-9-17)20(23)7-2-1-6-19-10-13-24-25-19/h3-5,14,17,19H,1-2,6-13,15,21H2. The van der Waals surface area contributed by atoms with E-state index in [9.17, 15) is 4.79 Å². The van der Waals surface area contributed by atoms with Crippen LogP contribution >= 0.6 is 21.6 Å². The van der Waals surface area contributed by atoms with Gasteiger partial charge < -0.3 is 10.6 Å². The zero-order valence-electron chi connectivity index (χ0n) is 15.0. The lowest BCUT2D eigenvalue weighted by Crippen LogP contribution is -2.37. The predicted molar refractivity (Wildman–Crippen MR) is 110 cm³/mol. The quantitative estimate of drug-likeness (QED) is 0.558. The molecule has 2 fully saturated rings. The van der Waals surface area contributed by atoms with Gasteiger partial charge in [0.1, 0.15) is 0 Å². The number of nitrogens with zero attached hydrogens (tertiary/aromatic N) is 1. The van der Waals surface area contributed by atoms with Crippen LogP contribution in [0, 0.1) is 0 Å². The van der Waals surface area contributed by atoms with Crippen LogP contribution in [0.2, 0.25) is 0 Å². The topological polar surface area (TPSA) is 46.3 Å². The van der Waals surface area contributed by atoms with Crippen molar-refractivity contribution < 1.29 is 4.79 Å². The molecule has 2 saturated heterocycles. The third-order valence-corrected chi connectivity index (χ3v) is 8.41. The molecule has 0 aliphatic carbocycles. The van der Waals surface area contributed by atoms with Gasteiger partial charge in [-0.1, -0.05) is 52.3 Å². The van der Waals surface area contributed by atoms with Gasteiger partial charge in [-0.3, -0.25) is 4.79 Å². The SMILES string of the molecule is NCc1cccc(C2CCN(C(=O)CCCCC3CCSS3)CC2)c1. The van der Waals surface area contributed by atoms with Crippen molar-refractivity contribution in [1.82, 2.24) is 4.90 Å². The van der Waals surface area contributed by atoms with Crippen LogP contribution in [0.3, 0.4) is 0 Å². The first kappa shape index (κ1) is 19.1. The molecule has 2 aliphatic rings. The number of carbonyl (C=O) groups excluding carboxylic acids is 1. The first-order chi connectivity index (χ1) is 12.3. The van der Waals surface area contributed by atoms with Gasteiger partial charge in [0, 0.05) is 37.1 Å². The van der Waals surface area contributed by atoms with Crippen LogP contribution in [0.1, 0.15) is 62.0 Å². The molecule has 0 bridgehead atoms. The van der Waals surface area contributed by atoms with Crippen molar-refractivity contribution >= 4 is 27.5 Å². The van der Waals surface area contributed by atoms with E-state index in [-0.39, 0.29) is 0 Å². The second-order valence-corrected chi connectivity index (χ2v) is 9.97. The summed E-state index contributed by atoms with van der Waals surface area (Å²) in [6.07, 6.45) is 7.78. The zero-order valence-corrected chi connectivity index (χ0v) is 16.6. The maximum atomic E-state index is 12.4. The first-order valence-electron chi connectivity index (χ1n) is 9.61. The van der Waals surface area contributed by atoms with E-state index in [0.717, 1.165) is 44.0 Å². The minimum atomic E-state index is 0.364. The monoisotopic (exact) mass is 378 g/mol. The number of piperidine rings is 1.